The molecule has 68 valence electrons. The molecule has 0 fully saturated rings. The lowest BCUT2D eigenvalue weighted by Crippen LogP contribution is -1.83. The van der Waals surface area contributed by atoms with Crippen molar-refractivity contribution < 1.29 is 0 Å². The third-order valence-corrected chi connectivity index (χ3v) is 2.90. The van der Waals surface area contributed by atoms with Crippen LogP contribution < -0.4 is 0 Å². The molecule has 0 saturated heterocycles. The van der Waals surface area contributed by atoms with Crippen molar-refractivity contribution in [1.29, 1.82) is 0 Å². The van der Waals surface area contributed by atoms with Crippen LogP contribution in [0.3, 0.4) is 0 Å². The molecule has 0 aliphatic rings. The standard InChI is InChI=1S/C11H12S2/c1-9(8-11(12)13-2)10-6-4-3-5-7-10/h3-8H,1-2H3/b9-8+. The van der Waals surface area contributed by atoms with E-state index in [1.165, 1.54) is 11.1 Å². The summed E-state index contributed by atoms with van der Waals surface area (Å²) in [5, 5.41) is 0. The molecular formula is C11H12S2. The number of thiocarbonyl (C=S) groups is 1. The van der Waals surface area contributed by atoms with Crippen molar-refractivity contribution in [2.24, 2.45) is 0 Å². The first-order valence-electron chi connectivity index (χ1n) is 4.05. The lowest BCUT2D eigenvalue weighted by Gasteiger charge is -2.00. The van der Waals surface area contributed by atoms with Crippen LogP contribution in [0.1, 0.15) is 12.5 Å². The number of rotatable bonds is 2. The van der Waals surface area contributed by atoms with Crippen molar-refractivity contribution in [3.63, 3.8) is 0 Å². The van der Waals surface area contributed by atoms with E-state index in [1.807, 2.05) is 30.5 Å². The predicted octanol–water partition coefficient (Wildman–Crippen LogP) is 3.78. The van der Waals surface area contributed by atoms with Gasteiger partial charge in [0, 0.05) is 0 Å². The minimum absolute atomic E-state index is 0.932. The summed E-state index contributed by atoms with van der Waals surface area (Å²) in [5.41, 5.74) is 2.46. The number of allylic oxidation sites excluding steroid dienone is 1. The summed E-state index contributed by atoms with van der Waals surface area (Å²) in [5.74, 6) is 0. The quantitative estimate of drug-likeness (QED) is 0.536. The van der Waals surface area contributed by atoms with Crippen molar-refractivity contribution in [2.75, 3.05) is 6.26 Å². The first kappa shape index (κ1) is 10.5. The molecule has 1 rings (SSSR count). The monoisotopic (exact) mass is 208 g/mol. The summed E-state index contributed by atoms with van der Waals surface area (Å²) in [6.07, 6.45) is 4.03. The second-order valence-electron chi connectivity index (χ2n) is 2.72. The van der Waals surface area contributed by atoms with Crippen molar-refractivity contribution in [3.8, 4) is 0 Å². The van der Waals surface area contributed by atoms with Crippen LogP contribution >= 0.6 is 24.0 Å². The average molecular weight is 208 g/mol. The van der Waals surface area contributed by atoms with Crippen LogP contribution in [-0.2, 0) is 0 Å². The summed E-state index contributed by atoms with van der Waals surface area (Å²) in [6, 6.07) is 10.3. The molecule has 0 heterocycles. The molecule has 1 aromatic rings. The van der Waals surface area contributed by atoms with Gasteiger partial charge in [0.05, 0.1) is 4.20 Å². The van der Waals surface area contributed by atoms with E-state index in [9.17, 15) is 0 Å². The third-order valence-electron chi connectivity index (χ3n) is 1.76. The Morgan fingerprint density at radius 3 is 2.46 bits per heavy atom. The van der Waals surface area contributed by atoms with Gasteiger partial charge in [-0.2, -0.15) is 0 Å². The van der Waals surface area contributed by atoms with Crippen molar-refractivity contribution in [1.82, 2.24) is 0 Å². The summed E-state index contributed by atoms with van der Waals surface area (Å²) in [6.45, 7) is 2.08. The number of thioether (sulfide) groups is 1. The van der Waals surface area contributed by atoms with Crippen LogP contribution in [0.5, 0.6) is 0 Å². The molecule has 0 saturated carbocycles. The topological polar surface area (TPSA) is 0 Å². The molecule has 0 bridgehead atoms. The van der Waals surface area contributed by atoms with Gasteiger partial charge >= 0.3 is 0 Å². The van der Waals surface area contributed by atoms with Gasteiger partial charge in [0.2, 0.25) is 0 Å². The van der Waals surface area contributed by atoms with Crippen LogP contribution in [0.2, 0.25) is 0 Å². The van der Waals surface area contributed by atoms with Crippen molar-refractivity contribution in [3.05, 3.63) is 42.0 Å². The molecule has 13 heavy (non-hydrogen) atoms. The number of hydrogen-bond acceptors (Lipinski definition) is 2. The Balaban J connectivity index is 2.85. The Morgan fingerprint density at radius 2 is 1.92 bits per heavy atom. The molecule has 0 aliphatic carbocycles. The molecule has 0 nitrogen and oxygen atoms in total. The normalized spacial score (nSPS) is 11.4. The Bertz CT molecular complexity index is 312. The smallest absolute Gasteiger partial charge is 0.0705 e. The van der Waals surface area contributed by atoms with E-state index in [2.05, 4.69) is 19.1 Å². The van der Waals surface area contributed by atoms with Crippen molar-refractivity contribution >= 4 is 33.7 Å². The fraction of sp³-hybridized carbons (Fsp3) is 0.182. The van der Waals surface area contributed by atoms with Gasteiger partial charge in [-0.05, 0) is 30.4 Å². The maximum Gasteiger partial charge on any atom is 0.0705 e. The van der Waals surface area contributed by atoms with E-state index in [0.717, 1.165) is 4.20 Å². The average Bonchev–Trinajstić information content (AvgIpc) is 2.19. The van der Waals surface area contributed by atoms with E-state index < -0.39 is 0 Å². The summed E-state index contributed by atoms with van der Waals surface area (Å²) >= 11 is 6.72. The van der Waals surface area contributed by atoms with Crippen LogP contribution in [0.4, 0.5) is 0 Å². The van der Waals surface area contributed by atoms with Crippen molar-refractivity contribution in [2.45, 2.75) is 6.92 Å². The molecule has 0 aromatic heterocycles. The predicted molar refractivity (Wildman–Crippen MR) is 66.2 cm³/mol. The van der Waals surface area contributed by atoms with E-state index in [1.54, 1.807) is 11.8 Å². The molecular weight excluding hydrogens is 196 g/mol. The summed E-state index contributed by atoms with van der Waals surface area (Å²) in [4.78, 5) is 0. The van der Waals surface area contributed by atoms with Gasteiger partial charge in [-0.15, -0.1) is 11.8 Å². The highest BCUT2D eigenvalue weighted by Gasteiger charge is 1.94. The Labute approximate surface area is 89.0 Å². The molecule has 0 N–H and O–H groups in total. The lowest BCUT2D eigenvalue weighted by atomic mass is 10.1. The summed E-state index contributed by atoms with van der Waals surface area (Å²) in [7, 11) is 0. The van der Waals surface area contributed by atoms with Crippen LogP contribution in [0.15, 0.2) is 36.4 Å². The first-order valence-corrected chi connectivity index (χ1v) is 5.69. The lowest BCUT2D eigenvalue weighted by molar-refractivity contribution is 1.58. The van der Waals surface area contributed by atoms with Crippen LogP contribution in [-0.4, -0.2) is 10.5 Å². The van der Waals surface area contributed by atoms with E-state index in [0.29, 0.717) is 0 Å². The van der Waals surface area contributed by atoms with Gasteiger partial charge in [0.15, 0.2) is 0 Å². The highest BCUT2D eigenvalue weighted by molar-refractivity contribution is 8.23. The van der Waals surface area contributed by atoms with Gasteiger partial charge in [0.25, 0.3) is 0 Å². The molecule has 0 aliphatic heterocycles. The van der Waals surface area contributed by atoms with Gasteiger partial charge in [-0.3, -0.25) is 0 Å². The zero-order chi connectivity index (χ0) is 9.68. The van der Waals surface area contributed by atoms with E-state index in [-0.39, 0.29) is 0 Å². The second kappa shape index (κ2) is 5.20. The Hall–Kier alpha value is -0.600. The van der Waals surface area contributed by atoms with Crippen LogP contribution in [0.25, 0.3) is 5.57 Å². The first-order chi connectivity index (χ1) is 6.24. The zero-order valence-electron chi connectivity index (χ0n) is 7.78. The molecule has 0 atom stereocenters. The second-order valence-corrected chi connectivity index (χ2v) is 4.26. The van der Waals surface area contributed by atoms with E-state index in [4.69, 9.17) is 12.2 Å². The summed E-state index contributed by atoms with van der Waals surface area (Å²) < 4.78 is 0.932. The Kier molecular flexibility index (Phi) is 4.19. The molecule has 0 amide bonds. The molecule has 1 aromatic carbocycles. The largest absolute Gasteiger partial charge is 0.118 e. The third kappa shape index (κ3) is 3.33. The molecule has 0 radical (unpaired) electrons. The SMILES string of the molecule is CSC(=S)/C=C(\C)c1ccccc1. The highest BCUT2D eigenvalue weighted by atomic mass is 32.2. The zero-order valence-corrected chi connectivity index (χ0v) is 9.41. The maximum atomic E-state index is 5.12. The van der Waals surface area contributed by atoms with Gasteiger partial charge < -0.3 is 0 Å². The minimum Gasteiger partial charge on any atom is -0.118 e. The fourth-order valence-electron chi connectivity index (χ4n) is 1.02. The highest BCUT2D eigenvalue weighted by Crippen LogP contribution is 2.14. The minimum atomic E-state index is 0.932. The Morgan fingerprint density at radius 1 is 1.31 bits per heavy atom. The van der Waals surface area contributed by atoms with Crippen LogP contribution in [0, 0.1) is 0 Å². The van der Waals surface area contributed by atoms with Gasteiger partial charge in [0.1, 0.15) is 0 Å². The molecule has 2 heteroatoms. The van der Waals surface area contributed by atoms with Gasteiger partial charge in [-0.1, -0.05) is 42.5 Å². The maximum absolute atomic E-state index is 5.12. The number of benzene rings is 1. The van der Waals surface area contributed by atoms with Gasteiger partial charge in [-0.25, -0.2) is 0 Å². The van der Waals surface area contributed by atoms with E-state index >= 15 is 0 Å². The molecule has 0 spiro atoms. The molecule has 0 unspecified atom stereocenters. The number of hydrogen-bond donors (Lipinski definition) is 0. The fourth-order valence-corrected chi connectivity index (χ4v) is 1.49.